The maximum Gasteiger partial charge on any atom is 0.262 e. The fourth-order valence-electron chi connectivity index (χ4n) is 3.34. The van der Waals surface area contributed by atoms with Crippen LogP contribution >= 0.6 is 0 Å². The SMILES string of the molecule is COc1ncc(-c2ccc3nccc(C#C[Si](C)(C)C)c3c2)cc1NS(=O)(=O)c1ccccc1. The van der Waals surface area contributed by atoms with Crippen LogP contribution in [0.1, 0.15) is 5.56 Å². The molecule has 0 unspecified atom stereocenters. The number of aromatic nitrogens is 2. The highest BCUT2D eigenvalue weighted by atomic mass is 32.2. The minimum Gasteiger partial charge on any atom is -0.480 e. The van der Waals surface area contributed by atoms with Crippen molar-refractivity contribution >= 4 is 34.7 Å². The summed E-state index contributed by atoms with van der Waals surface area (Å²) < 4.78 is 33.7. The van der Waals surface area contributed by atoms with E-state index in [9.17, 15) is 8.42 Å². The van der Waals surface area contributed by atoms with Gasteiger partial charge in [0, 0.05) is 28.9 Å². The van der Waals surface area contributed by atoms with Gasteiger partial charge in [-0.25, -0.2) is 13.4 Å². The standard InChI is InChI=1S/C26H25N3O3SSi/c1-32-26-25(29-33(30,31)22-8-6-5-7-9-22)17-21(18-28-26)20-10-11-24-23(16-20)19(12-14-27-24)13-15-34(2,3)4/h5-12,14,16-18,29H,1-4H3. The van der Waals surface area contributed by atoms with Crippen LogP contribution in [0.3, 0.4) is 0 Å². The Morgan fingerprint density at radius 1 is 0.941 bits per heavy atom. The van der Waals surface area contributed by atoms with Crippen LogP contribution in [0.5, 0.6) is 5.88 Å². The number of fused-ring (bicyclic) bond motifs is 1. The molecule has 0 aliphatic carbocycles. The van der Waals surface area contributed by atoms with Crippen LogP contribution in [-0.4, -0.2) is 33.6 Å². The van der Waals surface area contributed by atoms with Crippen molar-refractivity contribution in [3.05, 3.63) is 78.6 Å². The number of nitrogens with one attached hydrogen (secondary N) is 1. The lowest BCUT2D eigenvalue weighted by molar-refractivity contribution is 0.400. The molecule has 2 heterocycles. The Balaban J connectivity index is 1.78. The zero-order chi connectivity index (χ0) is 24.3. The second-order valence-electron chi connectivity index (χ2n) is 8.79. The lowest BCUT2D eigenvalue weighted by Gasteiger charge is -2.13. The summed E-state index contributed by atoms with van der Waals surface area (Å²) in [6.45, 7) is 6.61. The van der Waals surface area contributed by atoms with Crippen molar-refractivity contribution < 1.29 is 13.2 Å². The van der Waals surface area contributed by atoms with E-state index in [1.165, 1.54) is 19.2 Å². The highest BCUT2D eigenvalue weighted by molar-refractivity contribution is 7.92. The van der Waals surface area contributed by atoms with Gasteiger partial charge in [0.1, 0.15) is 13.8 Å². The van der Waals surface area contributed by atoms with Gasteiger partial charge < -0.3 is 4.74 Å². The fourth-order valence-corrected chi connectivity index (χ4v) is 4.92. The molecule has 172 valence electrons. The molecule has 4 rings (SSSR count). The van der Waals surface area contributed by atoms with Gasteiger partial charge in [-0.15, -0.1) is 5.54 Å². The number of hydrogen-bond acceptors (Lipinski definition) is 5. The molecule has 0 spiro atoms. The monoisotopic (exact) mass is 487 g/mol. The Bertz CT molecular complexity index is 1520. The van der Waals surface area contributed by atoms with Crippen molar-refractivity contribution in [3.63, 3.8) is 0 Å². The van der Waals surface area contributed by atoms with Crippen LogP contribution in [0.15, 0.2) is 78.0 Å². The molecule has 0 radical (unpaired) electrons. The Morgan fingerprint density at radius 2 is 1.71 bits per heavy atom. The molecule has 1 N–H and O–H groups in total. The van der Waals surface area contributed by atoms with Crippen molar-refractivity contribution in [2.75, 3.05) is 11.8 Å². The molecule has 4 aromatic rings. The maximum absolute atomic E-state index is 12.9. The maximum atomic E-state index is 12.9. The van der Waals surface area contributed by atoms with Crippen LogP contribution in [0.2, 0.25) is 19.6 Å². The van der Waals surface area contributed by atoms with E-state index in [4.69, 9.17) is 4.74 Å². The Kier molecular flexibility index (Phi) is 6.42. The Hall–Kier alpha value is -3.67. The number of pyridine rings is 2. The summed E-state index contributed by atoms with van der Waals surface area (Å²) in [5, 5.41) is 0.938. The van der Waals surface area contributed by atoms with Crippen LogP contribution in [-0.2, 0) is 10.0 Å². The molecule has 0 saturated carbocycles. The van der Waals surface area contributed by atoms with Gasteiger partial charge in [0.05, 0.1) is 17.5 Å². The lowest BCUT2D eigenvalue weighted by atomic mass is 10.0. The average molecular weight is 488 g/mol. The van der Waals surface area contributed by atoms with Gasteiger partial charge in [0.25, 0.3) is 10.0 Å². The van der Waals surface area contributed by atoms with Gasteiger partial charge in [-0.05, 0) is 42.0 Å². The van der Waals surface area contributed by atoms with Crippen molar-refractivity contribution in [1.82, 2.24) is 9.97 Å². The normalized spacial score (nSPS) is 11.5. The molecular weight excluding hydrogens is 462 g/mol. The highest BCUT2D eigenvalue weighted by Gasteiger charge is 2.18. The molecule has 0 fully saturated rings. The quantitative estimate of drug-likeness (QED) is 0.304. The summed E-state index contributed by atoms with van der Waals surface area (Å²) >= 11 is 0. The van der Waals surface area contributed by atoms with Crippen LogP contribution in [0.25, 0.3) is 22.0 Å². The topological polar surface area (TPSA) is 81.2 Å². The number of sulfonamides is 1. The van der Waals surface area contributed by atoms with Crippen molar-refractivity contribution in [3.8, 4) is 28.5 Å². The number of rotatable bonds is 5. The first-order chi connectivity index (χ1) is 16.2. The molecule has 6 nitrogen and oxygen atoms in total. The fraction of sp³-hybridized carbons (Fsp3) is 0.154. The second kappa shape index (κ2) is 9.29. The van der Waals surface area contributed by atoms with Gasteiger partial charge in [-0.2, -0.15) is 0 Å². The number of ether oxygens (including phenoxy) is 1. The van der Waals surface area contributed by atoms with Gasteiger partial charge in [0.15, 0.2) is 0 Å². The number of benzene rings is 2. The third-order valence-corrected chi connectivity index (χ3v) is 7.25. The van der Waals surface area contributed by atoms with E-state index in [0.717, 1.165) is 27.6 Å². The zero-order valence-corrected chi connectivity index (χ0v) is 21.3. The molecule has 0 saturated heterocycles. The molecule has 0 aliphatic rings. The van der Waals surface area contributed by atoms with Crippen molar-refractivity contribution in [2.24, 2.45) is 0 Å². The van der Waals surface area contributed by atoms with Crippen molar-refractivity contribution in [1.29, 1.82) is 0 Å². The highest BCUT2D eigenvalue weighted by Crippen LogP contribution is 2.32. The van der Waals surface area contributed by atoms with Gasteiger partial charge in [-0.3, -0.25) is 9.71 Å². The summed E-state index contributed by atoms with van der Waals surface area (Å²) in [6.07, 6.45) is 3.42. The van der Waals surface area contributed by atoms with Crippen LogP contribution < -0.4 is 9.46 Å². The number of methoxy groups -OCH3 is 1. The first-order valence-corrected chi connectivity index (χ1v) is 15.7. The Morgan fingerprint density at radius 3 is 2.41 bits per heavy atom. The molecule has 2 aromatic heterocycles. The summed E-state index contributed by atoms with van der Waals surface area (Å²) in [5.41, 5.74) is 7.04. The van der Waals surface area contributed by atoms with E-state index in [1.54, 1.807) is 36.7 Å². The van der Waals surface area contributed by atoms with Gasteiger partial charge in [-0.1, -0.05) is 49.8 Å². The predicted octanol–water partition coefficient (Wildman–Crippen LogP) is 5.34. The zero-order valence-electron chi connectivity index (χ0n) is 19.5. The Labute approximate surface area is 201 Å². The van der Waals surface area contributed by atoms with E-state index >= 15 is 0 Å². The molecule has 2 aromatic carbocycles. The van der Waals surface area contributed by atoms with E-state index in [-0.39, 0.29) is 16.5 Å². The third kappa shape index (κ3) is 5.27. The van der Waals surface area contributed by atoms with E-state index in [0.29, 0.717) is 0 Å². The largest absolute Gasteiger partial charge is 0.480 e. The molecule has 0 atom stereocenters. The van der Waals surface area contributed by atoms with Gasteiger partial charge >= 0.3 is 0 Å². The number of anilines is 1. The molecule has 0 aliphatic heterocycles. The molecule has 0 amide bonds. The van der Waals surface area contributed by atoms with Gasteiger partial charge in [0.2, 0.25) is 5.88 Å². The number of hydrogen-bond donors (Lipinski definition) is 1. The summed E-state index contributed by atoms with van der Waals surface area (Å²) in [7, 11) is -3.89. The first-order valence-electron chi connectivity index (χ1n) is 10.7. The minimum atomic E-state index is -3.80. The second-order valence-corrected chi connectivity index (χ2v) is 15.2. The van der Waals surface area contributed by atoms with Crippen LogP contribution in [0.4, 0.5) is 5.69 Å². The molecular formula is C26H25N3O3SSi. The summed E-state index contributed by atoms with van der Waals surface area (Å²) in [5.74, 6) is 3.52. The molecule has 34 heavy (non-hydrogen) atoms. The van der Waals surface area contributed by atoms with Crippen molar-refractivity contribution in [2.45, 2.75) is 24.5 Å². The average Bonchev–Trinajstić information content (AvgIpc) is 2.82. The first kappa shape index (κ1) is 23.5. The molecule has 0 bridgehead atoms. The molecule has 8 heteroatoms. The summed E-state index contributed by atoms with van der Waals surface area (Å²) in [4.78, 5) is 8.96. The minimum absolute atomic E-state index is 0.157. The third-order valence-electron chi connectivity index (χ3n) is 4.99. The predicted molar refractivity (Wildman–Crippen MR) is 139 cm³/mol. The lowest BCUT2D eigenvalue weighted by Crippen LogP contribution is -2.16. The van der Waals surface area contributed by atoms with E-state index in [2.05, 4.69) is 45.8 Å². The van der Waals surface area contributed by atoms with Crippen LogP contribution in [0, 0.1) is 11.5 Å². The number of nitrogens with zero attached hydrogens (tertiary/aromatic N) is 2. The van der Waals surface area contributed by atoms with E-state index < -0.39 is 18.1 Å². The summed E-state index contributed by atoms with van der Waals surface area (Å²) in [6, 6.07) is 17.7. The smallest absolute Gasteiger partial charge is 0.262 e. The van der Waals surface area contributed by atoms with E-state index in [1.807, 2.05) is 24.3 Å².